The molecule has 0 saturated carbocycles. The molecule has 26 heavy (non-hydrogen) atoms. The molecule has 0 fully saturated rings. The molecule has 3 rings (SSSR count). The monoisotopic (exact) mass is 370 g/mol. The summed E-state index contributed by atoms with van der Waals surface area (Å²) in [7, 11) is 0. The first kappa shape index (κ1) is 17.4. The Bertz CT molecular complexity index is 923. The van der Waals surface area contributed by atoms with Gasteiger partial charge in [0.2, 0.25) is 5.78 Å². The van der Waals surface area contributed by atoms with Crippen LogP contribution in [0.1, 0.15) is 15.4 Å². The highest BCUT2D eigenvalue weighted by Gasteiger charge is 2.27. The number of hydrogen-bond donors (Lipinski definition) is 2. The number of carbonyl (C=O) groups excluding carboxylic acids is 3. The zero-order chi connectivity index (χ0) is 18.5. The summed E-state index contributed by atoms with van der Waals surface area (Å²) in [6, 6.07) is 5.58. The fraction of sp³-hybridized carbons (Fsp3) is 0.125. The molecule has 2 amide bonds. The Kier molecular flexibility index (Phi) is 5.13. The number of rotatable bonds is 7. The maximum absolute atomic E-state index is 12.6. The lowest BCUT2D eigenvalue weighted by molar-refractivity contribution is -0.137. The molecule has 0 saturated heterocycles. The number of aromatic nitrogens is 4. The van der Waals surface area contributed by atoms with Crippen molar-refractivity contribution in [3.8, 4) is 5.82 Å². The Balaban J connectivity index is 1.83. The van der Waals surface area contributed by atoms with E-state index < -0.39 is 23.6 Å². The molecule has 3 aromatic rings. The first-order chi connectivity index (χ1) is 12.6. The van der Waals surface area contributed by atoms with Crippen molar-refractivity contribution < 1.29 is 14.4 Å². The highest BCUT2D eigenvalue weighted by molar-refractivity contribution is 7.09. The van der Waals surface area contributed by atoms with Crippen LogP contribution in [0, 0.1) is 0 Å². The summed E-state index contributed by atoms with van der Waals surface area (Å²) < 4.78 is 1.34. The summed E-state index contributed by atoms with van der Waals surface area (Å²) in [4.78, 5) is 44.8. The van der Waals surface area contributed by atoms with E-state index in [2.05, 4.69) is 20.4 Å². The quantitative estimate of drug-likeness (QED) is 0.568. The van der Waals surface area contributed by atoms with Crippen molar-refractivity contribution in [2.24, 2.45) is 5.73 Å². The summed E-state index contributed by atoms with van der Waals surface area (Å²) in [5.74, 6) is -2.12. The second-order valence-corrected chi connectivity index (χ2v) is 6.21. The van der Waals surface area contributed by atoms with E-state index in [0.29, 0.717) is 5.82 Å². The molecule has 1 unspecified atom stereocenters. The number of amides is 2. The van der Waals surface area contributed by atoms with Gasteiger partial charge in [-0.05, 0) is 18.2 Å². The molecule has 0 aromatic carbocycles. The standard InChI is InChI=1S/C16H14N6O3S/c17-15(24)14(23)11(7-10-8-18-9-26-10)21-16(25)12-4-6-20-22(12)13-3-1-2-5-19-13/h1-6,8-9,11H,7H2,(H2,17,24)(H,21,25). The zero-order valence-electron chi connectivity index (χ0n) is 13.4. The zero-order valence-corrected chi connectivity index (χ0v) is 14.2. The molecule has 9 nitrogen and oxygen atoms in total. The Morgan fingerprint density at radius 1 is 1.23 bits per heavy atom. The normalized spacial score (nSPS) is 11.7. The highest BCUT2D eigenvalue weighted by atomic mass is 32.1. The molecule has 3 N–H and O–H groups in total. The molecule has 1 atom stereocenters. The molecule has 0 bridgehead atoms. The average Bonchev–Trinajstić information content (AvgIpc) is 3.32. The number of hydrogen-bond acceptors (Lipinski definition) is 7. The van der Waals surface area contributed by atoms with Gasteiger partial charge < -0.3 is 11.1 Å². The largest absolute Gasteiger partial charge is 0.363 e. The Morgan fingerprint density at radius 2 is 2.08 bits per heavy atom. The van der Waals surface area contributed by atoms with Gasteiger partial charge in [-0.2, -0.15) is 5.10 Å². The second kappa shape index (κ2) is 7.66. The van der Waals surface area contributed by atoms with Crippen LogP contribution >= 0.6 is 11.3 Å². The second-order valence-electron chi connectivity index (χ2n) is 5.24. The van der Waals surface area contributed by atoms with E-state index in [0.717, 1.165) is 4.88 Å². The van der Waals surface area contributed by atoms with Crippen molar-refractivity contribution in [2.75, 3.05) is 0 Å². The van der Waals surface area contributed by atoms with Crippen molar-refractivity contribution in [2.45, 2.75) is 12.5 Å². The van der Waals surface area contributed by atoms with Crippen LogP contribution in [0.4, 0.5) is 0 Å². The minimum atomic E-state index is -1.11. The highest BCUT2D eigenvalue weighted by Crippen LogP contribution is 2.11. The van der Waals surface area contributed by atoms with Crippen LogP contribution in [0.5, 0.6) is 0 Å². The van der Waals surface area contributed by atoms with E-state index in [1.807, 2.05) is 0 Å². The number of pyridine rings is 1. The van der Waals surface area contributed by atoms with Crippen molar-refractivity contribution in [1.82, 2.24) is 25.1 Å². The fourth-order valence-electron chi connectivity index (χ4n) is 2.29. The van der Waals surface area contributed by atoms with Crippen molar-refractivity contribution in [1.29, 1.82) is 0 Å². The lowest BCUT2D eigenvalue weighted by atomic mass is 10.1. The number of nitrogens with one attached hydrogen (secondary N) is 1. The lowest BCUT2D eigenvalue weighted by Gasteiger charge is -2.15. The molecule has 0 aliphatic rings. The van der Waals surface area contributed by atoms with Gasteiger partial charge in [0.15, 0.2) is 5.82 Å². The van der Waals surface area contributed by atoms with E-state index in [1.165, 1.54) is 28.3 Å². The van der Waals surface area contributed by atoms with Gasteiger partial charge in [-0.25, -0.2) is 9.67 Å². The predicted molar refractivity (Wildman–Crippen MR) is 92.6 cm³/mol. The number of nitrogens with two attached hydrogens (primary N) is 1. The summed E-state index contributed by atoms with van der Waals surface area (Å²) in [6.45, 7) is 0. The Hall–Kier alpha value is -3.40. The molecule has 10 heteroatoms. The number of Topliss-reactive ketones (excluding diaryl/α,β-unsaturated/α-hetero) is 1. The fourth-order valence-corrected chi connectivity index (χ4v) is 2.94. The SMILES string of the molecule is NC(=O)C(=O)C(Cc1cncs1)NC(=O)c1ccnn1-c1ccccn1. The van der Waals surface area contributed by atoms with Crippen molar-refractivity contribution >= 4 is 28.9 Å². The van der Waals surface area contributed by atoms with Crippen molar-refractivity contribution in [3.05, 3.63) is 58.9 Å². The molecule has 3 aromatic heterocycles. The van der Waals surface area contributed by atoms with Gasteiger partial charge in [0.05, 0.1) is 11.7 Å². The first-order valence-electron chi connectivity index (χ1n) is 7.53. The minimum absolute atomic E-state index is 0.121. The number of primary amides is 1. The topological polar surface area (TPSA) is 133 Å². The number of ketones is 1. The van der Waals surface area contributed by atoms with Gasteiger partial charge in [0.1, 0.15) is 11.7 Å². The summed E-state index contributed by atoms with van der Waals surface area (Å²) in [5.41, 5.74) is 6.87. The summed E-state index contributed by atoms with van der Waals surface area (Å²) in [6.07, 6.45) is 4.70. The van der Waals surface area contributed by atoms with Crippen LogP contribution in [0.15, 0.2) is 48.4 Å². The molecule has 0 aliphatic carbocycles. The van der Waals surface area contributed by atoms with Gasteiger partial charge in [-0.15, -0.1) is 11.3 Å². The van der Waals surface area contributed by atoms with E-state index in [9.17, 15) is 14.4 Å². The van der Waals surface area contributed by atoms with Gasteiger partial charge in [-0.3, -0.25) is 19.4 Å². The van der Waals surface area contributed by atoms with E-state index in [1.54, 1.807) is 36.1 Å². The maximum Gasteiger partial charge on any atom is 0.287 e. The van der Waals surface area contributed by atoms with E-state index >= 15 is 0 Å². The number of carbonyl (C=O) groups is 3. The summed E-state index contributed by atoms with van der Waals surface area (Å²) >= 11 is 1.31. The molecule has 3 heterocycles. The molecule has 132 valence electrons. The van der Waals surface area contributed by atoms with Crippen molar-refractivity contribution in [3.63, 3.8) is 0 Å². The van der Waals surface area contributed by atoms with E-state index in [-0.39, 0.29) is 12.1 Å². The Morgan fingerprint density at radius 3 is 2.73 bits per heavy atom. The maximum atomic E-state index is 12.6. The smallest absolute Gasteiger partial charge is 0.287 e. The van der Waals surface area contributed by atoms with Gasteiger partial charge in [0, 0.05) is 23.7 Å². The lowest BCUT2D eigenvalue weighted by Crippen LogP contribution is -2.47. The summed E-state index contributed by atoms with van der Waals surface area (Å²) in [5, 5.41) is 6.63. The van der Waals surface area contributed by atoms with Gasteiger partial charge >= 0.3 is 0 Å². The van der Waals surface area contributed by atoms with Crippen LogP contribution in [-0.2, 0) is 16.0 Å². The number of thiazole rings is 1. The third kappa shape index (κ3) is 3.81. The van der Waals surface area contributed by atoms with Gasteiger partial charge in [-0.1, -0.05) is 6.07 Å². The Labute approximate surface area is 151 Å². The molecular weight excluding hydrogens is 356 g/mol. The predicted octanol–water partition coefficient (Wildman–Crippen LogP) is 0.119. The van der Waals surface area contributed by atoms with Crippen LogP contribution < -0.4 is 11.1 Å². The van der Waals surface area contributed by atoms with Crippen LogP contribution in [0.25, 0.3) is 5.82 Å². The third-order valence-electron chi connectivity index (χ3n) is 3.50. The van der Waals surface area contributed by atoms with E-state index in [4.69, 9.17) is 5.73 Å². The molecule has 0 radical (unpaired) electrons. The number of nitrogens with zero attached hydrogens (tertiary/aromatic N) is 4. The molecular formula is C16H14N6O3S. The van der Waals surface area contributed by atoms with Crippen LogP contribution in [0.3, 0.4) is 0 Å². The van der Waals surface area contributed by atoms with Crippen LogP contribution in [-0.4, -0.2) is 43.4 Å². The minimum Gasteiger partial charge on any atom is -0.363 e. The van der Waals surface area contributed by atoms with Gasteiger partial charge in [0.25, 0.3) is 11.8 Å². The molecule has 0 spiro atoms. The third-order valence-corrected chi connectivity index (χ3v) is 4.30. The van der Waals surface area contributed by atoms with Crippen LogP contribution in [0.2, 0.25) is 0 Å². The average molecular weight is 370 g/mol. The first-order valence-corrected chi connectivity index (χ1v) is 8.41. The molecule has 0 aliphatic heterocycles.